The molecular weight excluding hydrogens is 231 g/mol. The molecule has 0 bridgehead atoms. The van der Waals surface area contributed by atoms with Crippen molar-refractivity contribution in [3.63, 3.8) is 0 Å². The minimum absolute atomic E-state index is 0.260. The third-order valence-corrected chi connectivity index (χ3v) is 2.18. The molecule has 0 atom stereocenters. The Morgan fingerprint density at radius 2 is 2.06 bits per heavy atom. The number of hydrogen-bond acceptors (Lipinski definition) is 2. The number of hydrogen-bond donors (Lipinski definition) is 1. The normalized spacial score (nSPS) is 11.5. The van der Waals surface area contributed by atoms with Gasteiger partial charge < -0.3 is 10.1 Å². The summed E-state index contributed by atoms with van der Waals surface area (Å²) in [5.41, 5.74) is -0.679. The maximum Gasteiger partial charge on any atom is 0.416 e. The zero-order chi connectivity index (χ0) is 12.7. The van der Waals surface area contributed by atoms with Gasteiger partial charge in [-0.05, 0) is 37.7 Å². The van der Waals surface area contributed by atoms with E-state index in [2.05, 4.69) is 5.32 Å². The molecule has 0 spiro atoms. The first kappa shape index (κ1) is 13.8. The second-order valence-electron chi connectivity index (χ2n) is 3.58. The molecule has 5 heteroatoms. The predicted molar refractivity (Wildman–Crippen MR) is 60.1 cm³/mol. The number of alkyl halides is 3. The van der Waals surface area contributed by atoms with Crippen molar-refractivity contribution in [3.05, 3.63) is 29.8 Å². The molecule has 1 aromatic rings. The lowest BCUT2D eigenvalue weighted by Crippen LogP contribution is -2.16. The summed E-state index contributed by atoms with van der Waals surface area (Å²) in [6.45, 7) is 4.08. The van der Waals surface area contributed by atoms with Crippen LogP contribution in [0.2, 0.25) is 0 Å². The molecule has 0 aliphatic rings. The first-order chi connectivity index (χ1) is 8.04. The van der Waals surface area contributed by atoms with Crippen molar-refractivity contribution in [2.75, 3.05) is 19.7 Å². The summed E-state index contributed by atoms with van der Waals surface area (Å²) in [5, 5.41) is 3.11. The molecule has 0 aliphatic heterocycles. The molecule has 2 nitrogen and oxygen atoms in total. The van der Waals surface area contributed by atoms with Gasteiger partial charge >= 0.3 is 6.18 Å². The Hall–Kier alpha value is -1.23. The van der Waals surface area contributed by atoms with Crippen LogP contribution in [0.15, 0.2) is 24.3 Å². The molecule has 0 saturated heterocycles. The van der Waals surface area contributed by atoms with Crippen LogP contribution in [0.1, 0.15) is 18.9 Å². The molecule has 1 N–H and O–H groups in total. The molecule has 96 valence electrons. The molecule has 0 saturated carbocycles. The third-order valence-electron chi connectivity index (χ3n) is 2.18. The molecule has 0 aliphatic carbocycles. The molecule has 0 radical (unpaired) electrons. The Labute approximate surface area is 98.8 Å². The summed E-state index contributed by atoms with van der Waals surface area (Å²) in [6.07, 6.45) is -3.55. The summed E-state index contributed by atoms with van der Waals surface area (Å²) < 4.78 is 42.4. The third kappa shape index (κ3) is 5.08. The van der Waals surface area contributed by atoms with Crippen molar-refractivity contribution in [1.82, 2.24) is 5.32 Å². The summed E-state index contributed by atoms with van der Waals surface area (Å²) >= 11 is 0. The molecule has 0 aromatic heterocycles. The van der Waals surface area contributed by atoms with E-state index in [-0.39, 0.29) is 5.75 Å². The van der Waals surface area contributed by atoms with E-state index in [1.165, 1.54) is 12.1 Å². The molecule has 1 rings (SSSR count). The number of benzene rings is 1. The smallest absolute Gasteiger partial charge is 0.416 e. The molecule has 1 aromatic carbocycles. The average Bonchev–Trinajstić information content (AvgIpc) is 2.28. The highest BCUT2D eigenvalue weighted by atomic mass is 19.4. The fraction of sp³-hybridized carbons (Fsp3) is 0.500. The molecular formula is C12H16F3NO. The zero-order valence-electron chi connectivity index (χ0n) is 9.68. The fourth-order valence-electron chi connectivity index (χ4n) is 1.33. The number of rotatable bonds is 6. The van der Waals surface area contributed by atoms with Gasteiger partial charge in [0, 0.05) is 0 Å². The van der Waals surface area contributed by atoms with Crippen molar-refractivity contribution in [3.8, 4) is 5.75 Å². The van der Waals surface area contributed by atoms with Crippen molar-refractivity contribution in [2.45, 2.75) is 19.5 Å². The van der Waals surface area contributed by atoms with Crippen molar-refractivity contribution >= 4 is 0 Å². The topological polar surface area (TPSA) is 21.3 Å². The largest absolute Gasteiger partial charge is 0.494 e. The van der Waals surface area contributed by atoms with Gasteiger partial charge in [-0.3, -0.25) is 0 Å². The average molecular weight is 247 g/mol. The van der Waals surface area contributed by atoms with Crippen LogP contribution >= 0.6 is 0 Å². The maximum atomic E-state index is 12.4. The Bertz CT molecular complexity index is 339. The molecule has 0 unspecified atom stereocenters. The summed E-state index contributed by atoms with van der Waals surface area (Å²) in [5.74, 6) is 0.260. The lowest BCUT2D eigenvalue weighted by atomic mass is 10.2. The van der Waals surface area contributed by atoms with Crippen LogP contribution in [0.3, 0.4) is 0 Å². The van der Waals surface area contributed by atoms with E-state index in [4.69, 9.17) is 4.74 Å². The predicted octanol–water partition coefficient (Wildman–Crippen LogP) is 3.08. The van der Waals surface area contributed by atoms with Gasteiger partial charge in [-0.2, -0.15) is 13.2 Å². The van der Waals surface area contributed by atoms with Crippen LogP contribution in [0, 0.1) is 0 Å². The quantitative estimate of drug-likeness (QED) is 0.780. The highest BCUT2D eigenvalue weighted by Gasteiger charge is 2.30. The lowest BCUT2D eigenvalue weighted by Gasteiger charge is -2.10. The van der Waals surface area contributed by atoms with Crippen molar-refractivity contribution in [1.29, 1.82) is 0 Å². The van der Waals surface area contributed by atoms with E-state index < -0.39 is 11.7 Å². The molecule has 17 heavy (non-hydrogen) atoms. The summed E-state index contributed by atoms with van der Waals surface area (Å²) in [7, 11) is 0. The minimum Gasteiger partial charge on any atom is -0.494 e. The lowest BCUT2D eigenvalue weighted by molar-refractivity contribution is -0.137. The fourth-order valence-corrected chi connectivity index (χ4v) is 1.33. The van der Waals surface area contributed by atoms with Crippen LogP contribution in [-0.4, -0.2) is 19.7 Å². The Morgan fingerprint density at radius 3 is 2.71 bits per heavy atom. The van der Waals surface area contributed by atoms with E-state index in [1.807, 2.05) is 6.92 Å². The van der Waals surface area contributed by atoms with Gasteiger partial charge in [0.2, 0.25) is 0 Å². The van der Waals surface area contributed by atoms with E-state index in [9.17, 15) is 13.2 Å². The first-order valence-electron chi connectivity index (χ1n) is 5.55. The molecule has 0 amide bonds. The number of halogens is 3. The SMILES string of the molecule is CCNCCCOc1cccc(C(F)(F)F)c1. The number of nitrogens with one attached hydrogen (secondary N) is 1. The highest BCUT2D eigenvalue weighted by molar-refractivity contribution is 5.30. The van der Waals surface area contributed by atoms with Crippen molar-refractivity contribution < 1.29 is 17.9 Å². The van der Waals surface area contributed by atoms with Gasteiger partial charge in [-0.1, -0.05) is 13.0 Å². The standard InChI is InChI=1S/C12H16F3NO/c1-2-16-7-4-8-17-11-6-3-5-10(9-11)12(13,14)15/h3,5-6,9,16H,2,4,7-8H2,1H3. The summed E-state index contributed by atoms with van der Waals surface area (Å²) in [4.78, 5) is 0. The van der Waals surface area contributed by atoms with E-state index in [0.717, 1.165) is 31.6 Å². The first-order valence-corrected chi connectivity index (χ1v) is 5.55. The zero-order valence-corrected chi connectivity index (χ0v) is 9.68. The Morgan fingerprint density at radius 1 is 1.29 bits per heavy atom. The second kappa shape index (κ2) is 6.49. The van der Waals surface area contributed by atoms with Gasteiger partial charge in [0.05, 0.1) is 12.2 Å². The monoisotopic (exact) mass is 247 g/mol. The van der Waals surface area contributed by atoms with Crippen LogP contribution < -0.4 is 10.1 Å². The van der Waals surface area contributed by atoms with Crippen LogP contribution in [-0.2, 0) is 6.18 Å². The minimum atomic E-state index is -4.32. The van der Waals surface area contributed by atoms with Crippen LogP contribution in [0.25, 0.3) is 0 Å². The Kier molecular flexibility index (Phi) is 5.28. The van der Waals surface area contributed by atoms with Gasteiger partial charge in [-0.25, -0.2) is 0 Å². The van der Waals surface area contributed by atoms with Crippen LogP contribution in [0.4, 0.5) is 13.2 Å². The van der Waals surface area contributed by atoms with Gasteiger partial charge in [-0.15, -0.1) is 0 Å². The maximum absolute atomic E-state index is 12.4. The molecule has 0 fully saturated rings. The van der Waals surface area contributed by atoms with E-state index in [1.54, 1.807) is 0 Å². The second-order valence-corrected chi connectivity index (χ2v) is 3.58. The van der Waals surface area contributed by atoms with Crippen LogP contribution in [0.5, 0.6) is 5.75 Å². The summed E-state index contributed by atoms with van der Waals surface area (Å²) in [6, 6.07) is 4.93. The van der Waals surface area contributed by atoms with Gasteiger partial charge in [0.25, 0.3) is 0 Å². The van der Waals surface area contributed by atoms with E-state index in [0.29, 0.717) is 6.61 Å². The van der Waals surface area contributed by atoms with Gasteiger partial charge in [0.1, 0.15) is 5.75 Å². The highest BCUT2D eigenvalue weighted by Crippen LogP contribution is 2.31. The molecule has 0 heterocycles. The van der Waals surface area contributed by atoms with Gasteiger partial charge in [0.15, 0.2) is 0 Å². The van der Waals surface area contributed by atoms with E-state index >= 15 is 0 Å². The van der Waals surface area contributed by atoms with Crippen molar-refractivity contribution in [2.24, 2.45) is 0 Å². The number of ether oxygens (including phenoxy) is 1. The Balaban J connectivity index is 2.44.